The largest absolute Gasteiger partial charge is 0.366 e. The Morgan fingerprint density at radius 2 is 1.83 bits per heavy atom. The van der Waals surface area contributed by atoms with E-state index in [9.17, 15) is 18.8 Å². The lowest BCUT2D eigenvalue weighted by molar-refractivity contribution is -0.133. The monoisotopic (exact) mass is 496 g/mol. The second-order valence-corrected chi connectivity index (χ2v) is 10.1. The lowest BCUT2D eigenvalue weighted by Gasteiger charge is -2.43. The van der Waals surface area contributed by atoms with E-state index in [4.69, 9.17) is 0 Å². The SMILES string of the molecule is CCN1C(=O)c2cc(C(=O)N3CCN(c4ccccc4F)CC3)nn2CC1(C)C(=O)NC1CCCC1. The van der Waals surface area contributed by atoms with Gasteiger partial charge in [-0.2, -0.15) is 5.10 Å². The van der Waals surface area contributed by atoms with Crippen LogP contribution in [0.3, 0.4) is 0 Å². The van der Waals surface area contributed by atoms with Crippen molar-refractivity contribution in [3.05, 3.63) is 47.5 Å². The summed E-state index contributed by atoms with van der Waals surface area (Å²) in [5.41, 5.74) is -0.0490. The summed E-state index contributed by atoms with van der Waals surface area (Å²) in [7, 11) is 0. The first-order valence-corrected chi connectivity index (χ1v) is 12.8. The number of nitrogens with one attached hydrogen (secondary N) is 1. The number of anilines is 1. The third-order valence-electron chi connectivity index (χ3n) is 7.77. The highest BCUT2D eigenvalue weighted by Crippen LogP contribution is 2.29. The topological polar surface area (TPSA) is 90.8 Å². The maximum absolute atomic E-state index is 14.2. The highest BCUT2D eigenvalue weighted by atomic mass is 19.1. The van der Waals surface area contributed by atoms with E-state index in [1.807, 2.05) is 11.8 Å². The van der Waals surface area contributed by atoms with Crippen LogP contribution >= 0.6 is 0 Å². The van der Waals surface area contributed by atoms with Gasteiger partial charge in [0.2, 0.25) is 5.91 Å². The molecule has 1 atom stereocenters. The van der Waals surface area contributed by atoms with Gasteiger partial charge in [-0.3, -0.25) is 19.1 Å². The summed E-state index contributed by atoms with van der Waals surface area (Å²) in [4.78, 5) is 45.1. The van der Waals surface area contributed by atoms with Crippen molar-refractivity contribution in [1.82, 2.24) is 24.9 Å². The van der Waals surface area contributed by atoms with Crippen LogP contribution in [0.4, 0.5) is 10.1 Å². The Morgan fingerprint density at radius 1 is 1.14 bits per heavy atom. The third-order valence-corrected chi connectivity index (χ3v) is 7.77. The van der Waals surface area contributed by atoms with Gasteiger partial charge in [-0.15, -0.1) is 0 Å². The van der Waals surface area contributed by atoms with Crippen LogP contribution in [-0.4, -0.2) is 81.6 Å². The first kappa shape index (κ1) is 24.3. The average Bonchev–Trinajstić information content (AvgIpc) is 3.54. The molecule has 1 unspecified atom stereocenters. The fourth-order valence-corrected chi connectivity index (χ4v) is 5.67. The summed E-state index contributed by atoms with van der Waals surface area (Å²) in [5.74, 6) is -1.03. The molecule has 2 aromatic rings. The van der Waals surface area contributed by atoms with Gasteiger partial charge in [0.05, 0.1) is 12.2 Å². The summed E-state index contributed by atoms with van der Waals surface area (Å²) >= 11 is 0. The Kier molecular flexibility index (Phi) is 6.44. The molecule has 0 radical (unpaired) electrons. The molecule has 5 rings (SSSR count). The summed E-state index contributed by atoms with van der Waals surface area (Å²) in [6.45, 7) is 6.04. The Labute approximate surface area is 210 Å². The molecule has 0 spiro atoms. The molecule has 1 aromatic heterocycles. The van der Waals surface area contributed by atoms with Gasteiger partial charge in [0, 0.05) is 44.8 Å². The molecule has 2 aliphatic heterocycles. The minimum atomic E-state index is -1.08. The van der Waals surface area contributed by atoms with Crippen LogP contribution < -0.4 is 10.2 Å². The van der Waals surface area contributed by atoms with Gasteiger partial charge in [-0.1, -0.05) is 25.0 Å². The van der Waals surface area contributed by atoms with Crippen molar-refractivity contribution in [1.29, 1.82) is 0 Å². The lowest BCUT2D eigenvalue weighted by Crippen LogP contribution is -2.64. The maximum Gasteiger partial charge on any atom is 0.274 e. The normalized spacial score (nSPS) is 22.6. The number of carbonyl (C=O) groups excluding carboxylic acids is 3. The highest BCUT2D eigenvalue weighted by Gasteiger charge is 2.48. The molecule has 3 heterocycles. The van der Waals surface area contributed by atoms with Crippen molar-refractivity contribution in [3.8, 4) is 0 Å². The zero-order valence-corrected chi connectivity index (χ0v) is 20.9. The van der Waals surface area contributed by atoms with E-state index in [0.29, 0.717) is 44.1 Å². The summed E-state index contributed by atoms with van der Waals surface area (Å²) in [5, 5.41) is 7.60. The number of amides is 3. The van der Waals surface area contributed by atoms with Crippen LogP contribution in [0, 0.1) is 5.82 Å². The zero-order valence-electron chi connectivity index (χ0n) is 20.9. The Hall–Kier alpha value is -3.43. The molecule has 1 saturated carbocycles. The minimum Gasteiger partial charge on any atom is -0.366 e. The molecule has 10 heteroatoms. The molecule has 1 aromatic carbocycles. The molecule has 0 bridgehead atoms. The minimum absolute atomic E-state index is 0.141. The average molecular weight is 497 g/mol. The van der Waals surface area contributed by atoms with Gasteiger partial charge in [0.25, 0.3) is 11.8 Å². The van der Waals surface area contributed by atoms with Crippen LogP contribution in [-0.2, 0) is 11.3 Å². The number of hydrogen-bond acceptors (Lipinski definition) is 5. The van der Waals surface area contributed by atoms with Crippen LogP contribution in [0.5, 0.6) is 0 Å². The number of halogens is 1. The Bertz CT molecular complexity index is 1170. The Balaban J connectivity index is 1.31. The summed E-state index contributed by atoms with van der Waals surface area (Å²) in [6, 6.07) is 8.29. The number of nitrogens with zero attached hydrogens (tertiary/aromatic N) is 5. The molecule has 2 fully saturated rings. The number of carbonyl (C=O) groups is 3. The third kappa shape index (κ3) is 4.22. The fraction of sp³-hybridized carbons (Fsp3) is 0.538. The quantitative estimate of drug-likeness (QED) is 0.686. The zero-order chi connectivity index (χ0) is 25.4. The fourth-order valence-electron chi connectivity index (χ4n) is 5.67. The molecule has 36 heavy (non-hydrogen) atoms. The van der Waals surface area contributed by atoms with Gasteiger partial charge >= 0.3 is 0 Å². The number of aromatic nitrogens is 2. The van der Waals surface area contributed by atoms with Crippen molar-refractivity contribution in [2.75, 3.05) is 37.6 Å². The number of piperazine rings is 1. The smallest absolute Gasteiger partial charge is 0.274 e. The van der Waals surface area contributed by atoms with E-state index in [1.165, 1.54) is 16.8 Å². The molecular formula is C26H33FN6O3. The lowest BCUT2D eigenvalue weighted by atomic mass is 9.94. The molecular weight excluding hydrogens is 463 g/mol. The molecule has 192 valence electrons. The number of hydrogen-bond donors (Lipinski definition) is 1. The summed E-state index contributed by atoms with van der Waals surface area (Å²) in [6.07, 6.45) is 4.11. The Morgan fingerprint density at radius 3 is 2.50 bits per heavy atom. The molecule has 3 aliphatic rings. The highest BCUT2D eigenvalue weighted by molar-refractivity contribution is 6.02. The van der Waals surface area contributed by atoms with Crippen LogP contribution in [0.1, 0.15) is 60.5 Å². The molecule has 3 amide bonds. The van der Waals surface area contributed by atoms with Crippen molar-refractivity contribution in [3.63, 3.8) is 0 Å². The molecule has 1 N–H and O–H groups in total. The van der Waals surface area contributed by atoms with E-state index in [0.717, 1.165) is 25.7 Å². The van der Waals surface area contributed by atoms with Gasteiger partial charge in [0.1, 0.15) is 17.1 Å². The van der Waals surface area contributed by atoms with Gasteiger partial charge in [-0.25, -0.2) is 4.39 Å². The first-order chi connectivity index (χ1) is 17.3. The number of likely N-dealkylation sites (N-methyl/N-ethyl adjacent to an activating group) is 1. The number of rotatable bonds is 5. The van der Waals surface area contributed by atoms with Crippen LogP contribution in [0.2, 0.25) is 0 Å². The van der Waals surface area contributed by atoms with Crippen LogP contribution in [0.25, 0.3) is 0 Å². The number of fused-ring (bicyclic) bond motifs is 1. The standard InChI is InChI=1S/C26H33FN6O3/c1-3-32-24(35)22-16-20(29-33(22)17-26(32,2)25(36)28-18-8-4-5-9-18)23(34)31-14-12-30(13-15-31)21-11-7-6-10-19(21)27/h6-7,10-11,16,18H,3-5,8-9,12-15,17H2,1-2H3,(H,28,36). The second kappa shape index (κ2) is 9.55. The molecule has 9 nitrogen and oxygen atoms in total. The van der Waals surface area contributed by atoms with Crippen molar-refractivity contribution in [2.24, 2.45) is 0 Å². The van der Waals surface area contributed by atoms with E-state index in [2.05, 4.69) is 10.4 Å². The predicted octanol–water partition coefficient (Wildman–Crippen LogP) is 2.28. The van der Waals surface area contributed by atoms with E-state index >= 15 is 0 Å². The predicted molar refractivity (Wildman–Crippen MR) is 132 cm³/mol. The van der Waals surface area contributed by atoms with Gasteiger partial charge < -0.3 is 20.0 Å². The van der Waals surface area contributed by atoms with E-state index < -0.39 is 5.54 Å². The molecule has 1 saturated heterocycles. The first-order valence-electron chi connectivity index (χ1n) is 12.8. The molecule has 1 aliphatic carbocycles. The number of benzene rings is 1. The summed E-state index contributed by atoms with van der Waals surface area (Å²) < 4.78 is 15.7. The van der Waals surface area contributed by atoms with Crippen molar-refractivity contribution < 1.29 is 18.8 Å². The van der Waals surface area contributed by atoms with Gasteiger partial charge in [0.15, 0.2) is 5.69 Å². The van der Waals surface area contributed by atoms with E-state index in [1.54, 1.807) is 34.9 Å². The van der Waals surface area contributed by atoms with Gasteiger partial charge in [-0.05, 0) is 38.8 Å². The maximum atomic E-state index is 14.2. The number of para-hydroxylation sites is 1. The van der Waals surface area contributed by atoms with E-state index in [-0.39, 0.29) is 41.8 Å². The van der Waals surface area contributed by atoms with Crippen molar-refractivity contribution in [2.45, 2.75) is 57.7 Å². The second-order valence-electron chi connectivity index (χ2n) is 10.1. The van der Waals surface area contributed by atoms with Crippen LogP contribution in [0.15, 0.2) is 30.3 Å². The van der Waals surface area contributed by atoms with Crippen molar-refractivity contribution >= 4 is 23.4 Å².